The molecule has 0 aromatic carbocycles. The van der Waals surface area contributed by atoms with Gasteiger partial charge in [0.25, 0.3) is 5.91 Å². The normalized spacial score (nSPS) is 39.6. The van der Waals surface area contributed by atoms with E-state index in [-0.39, 0.29) is 18.6 Å². The SMILES string of the molecule is C[C@@H]1CN(C(=O)C2CCC(CO)(C3CCCCC3)O2)CC[C@@H]1C. The first-order chi connectivity index (χ1) is 11.1. The van der Waals surface area contributed by atoms with Crippen molar-refractivity contribution in [1.29, 1.82) is 0 Å². The van der Waals surface area contributed by atoms with Crippen LogP contribution in [0.25, 0.3) is 0 Å². The van der Waals surface area contributed by atoms with E-state index in [0.717, 1.165) is 45.2 Å². The number of ether oxygens (including phenoxy) is 1. The predicted molar refractivity (Wildman–Crippen MR) is 90.0 cm³/mol. The van der Waals surface area contributed by atoms with Crippen LogP contribution in [-0.4, -0.2) is 47.3 Å². The summed E-state index contributed by atoms with van der Waals surface area (Å²) < 4.78 is 6.27. The van der Waals surface area contributed by atoms with Crippen LogP contribution < -0.4 is 0 Å². The van der Waals surface area contributed by atoms with Crippen molar-refractivity contribution in [3.63, 3.8) is 0 Å². The van der Waals surface area contributed by atoms with Gasteiger partial charge >= 0.3 is 0 Å². The van der Waals surface area contributed by atoms with Crippen LogP contribution in [0, 0.1) is 17.8 Å². The Bertz CT molecular complexity index is 421. The Labute approximate surface area is 140 Å². The third-order valence-corrected chi connectivity index (χ3v) is 6.74. The van der Waals surface area contributed by atoms with Gasteiger partial charge in [-0.3, -0.25) is 4.79 Å². The van der Waals surface area contributed by atoms with Crippen LogP contribution in [0.4, 0.5) is 0 Å². The van der Waals surface area contributed by atoms with Gasteiger partial charge in [0.1, 0.15) is 6.10 Å². The number of likely N-dealkylation sites (tertiary alicyclic amines) is 1. The molecule has 4 nitrogen and oxygen atoms in total. The number of carbonyl (C=O) groups is 1. The molecule has 3 fully saturated rings. The molecule has 1 saturated carbocycles. The second kappa shape index (κ2) is 7.10. The highest BCUT2D eigenvalue weighted by Gasteiger charge is 2.48. The third-order valence-electron chi connectivity index (χ3n) is 6.74. The number of aliphatic hydroxyl groups is 1. The summed E-state index contributed by atoms with van der Waals surface area (Å²) in [6.45, 7) is 6.29. The highest BCUT2D eigenvalue weighted by molar-refractivity contribution is 5.81. The van der Waals surface area contributed by atoms with Crippen molar-refractivity contribution in [3.8, 4) is 0 Å². The molecule has 2 unspecified atom stereocenters. The van der Waals surface area contributed by atoms with Crippen molar-refractivity contribution >= 4 is 5.91 Å². The minimum absolute atomic E-state index is 0.0644. The second-order valence-corrected chi connectivity index (χ2v) is 8.23. The summed E-state index contributed by atoms with van der Waals surface area (Å²) in [7, 11) is 0. The van der Waals surface area contributed by atoms with Gasteiger partial charge < -0.3 is 14.7 Å². The van der Waals surface area contributed by atoms with Crippen molar-refractivity contribution in [1.82, 2.24) is 4.90 Å². The molecule has 0 bridgehead atoms. The fraction of sp³-hybridized carbons (Fsp3) is 0.947. The first-order valence-corrected chi connectivity index (χ1v) is 9.63. The zero-order chi connectivity index (χ0) is 16.4. The molecule has 2 aliphatic heterocycles. The van der Waals surface area contributed by atoms with Crippen LogP contribution in [0.5, 0.6) is 0 Å². The van der Waals surface area contributed by atoms with Crippen LogP contribution in [0.15, 0.2) is 0 Å². The number of carbonyl (C=O) groups excluding carboxylic acids is 1. The van der Waals surface area contributed by atoms with Gasteiger partial charge in [0.15, 0.2) is 0 Å². The number of piperidine rings is 1. The van der Waals surface area contributed by atoms with E-state index in [0.29, 0.717) is 17.8 Å². The largest absolute Gasteiger partial charge is 0.393 e. The number of hydrogen-bond donors (Lipinski definition) is 1. The summed E-state index contributed by atoms with van der Waals surface area (Å²) in [4.78, 5) is 14.9. The van der Waals surface area contributed by atoms with E-state index in [1.807, 2.05) is 4.90 Å². The molecule has 0 spiro atoms. The zero-order valence-electron chi connectivity index (χ0n) is 14.8. The number of amides is 1. The molecule has 1 amide bonds. The maximum absolute atomic E-state index is 12.9. The Morgan fingerprint density at radius 2 is 1.87 bits per heavy atom. The van der Waals surface area contributed by atoms with Gasteiger partial charge in [-0.2, -0.15) is 0 Å². The Kier molecular flexibility index (Phi) is 5.32. The molecule has 132 valence electrons. The minimum atomic E-state index is -0.449. The van der Waals surface area contributed by atoms with Crippen molar-refractivity contribution in [2.24, 2.45) is 17.8 Å². The molecule has 0 aromatic rings. The maximum atomic E-state index is 12.9. The van der Waals surface area contributed by atoms with Crippen LogP contribution in [0.3, 0.4) is 0 Å². The molecule has 2 saturated heterocycles. The molecule has 4 heteroatoms. The van der Waals surface area contributed by atoms with Crippen LogP contribution in [0.2, 0.25) is 0 Å². The maximum Gasteiger partial charge on any atom is 0.251 e. The number of aliphatic hydroxyl groups excluding tert-OH is 1. The first-order valence-electron chi connectivity index (χ1n) is 9.63. The molecule has 0 aromatic heterocycles. The summed E-state index contributed by atoms with van der Waals surface area (Å²) >= 11 is 0. The predicted octanol–water partition coefficient (Wildman–Crippen LogP) is 2.98. The molecule has 3 rings (SSSR count). The van der Waals surface area contributed by atoms with E-state index >= 15 is 0 Å². The average Bonchev–Trinajstić information content (AvgIpc) is 3.03. The lowest BCUT2D eigenvalue weighted by Gasteiger charge is -2.39. The van der Waals surface area contributed by atoms with Crippen LogP contribution >= 0.6 is 0 Å². The summed E-state index contributed by atoms with van der Waals surface area (Å²) in [5.41, 5.74) is -0.449. The van der Waals surface area contributed by atoms with E-state index in [1.165, 1.54) is 19.3 Å². The molecule has 3 aliphatic rings. The Morgan fingerprint density at radius 1 is 1.13 bits per heavy atom. The Morgan fingerprint density at radius 3 is 2.52 bits per heavy atom. The summed E-state index contributed by atoms with van der Waals surface area (Å²) in [6, 6.07) is 0. The van der Waals surface area contributed by atoms with Gasteiger partial charge in [-0.15, -0.1) is 0 Å². The Hall–Kier alpha value is -0.610. The van der Waals surface area contributed by atoms with E-state index in [1.54, 1.807) is 0 Å². The molecule has 1 aliphatic carbocycles. The van der Waals surface area contributed by atoms with Crippen molar-refractivity contribution < 1.29 is 14.6 Å². The quantitative estimate of drug-likeness (QED) is 0.868. The zero-order valence-corrected chi connectivity index (χ0v) is 14.8. The van der Waals surface area contributed by atoms with E-state index in [4.69, 9.17) is 4.74 Å². The molecular formula is C19H33NO3. The Balaban J connectivity index is 1.62. The number of nitrogens with zero attached hydrogens (tertiary/aromatic N) is 1. The monoisotopic (exact) mass is 323 g/mol. The molecule has 1 N–H and O–H groups in total. The van der Waals surface area contributed by atoms with Crippen LogP contribution in [-0.2, 0) is 9.53 Å². The summed E-state index contributed by atoms with van der Waals surface area (Å²) in [5, 5.41) is 10.0. The van der Waals surface area contributed by atoms with Crippen molar-refractivity contribution in [3.05, 3.63) is 0 Å². The fourth-order valence-corrected chi connectivity index (χ4v) is 4.79. The minimum Gasteiger partial charge on any atom is -0.393 e. The summed E-state index contributed by atoms with van der Waals surface area (Å²) in [6.07, 6.45) is 8.41. The lowest BCUT2D eigenvalue weighted by molar-refractivity contribution is -0.160. The van der Waals surface area contributed by atoms with E-state index in [9.17, 15) is 9.90 Å². The highest BCUT2D eigenvalue weighted by Crippen LogP contribution is 2.43. The molecule has 4 atom stereocenters. The first kappa shape index (κ1) is 17.2. The molecule has 0 radical (unpaired) electrons. The number of rotatable bonds is 3. The number of hydrogen-bond acceptors (Lipinski definition) is 3. The van der Waals surface area contributed by atoms with Gasteiger partial charge in [0.05, 0.1) is 12.2 Å². The van der Waals surface area contributed by atoms with Gasteiger partial charge in [0, 0.05) is 13.1 Å². The topological polar surface area (TPSA) is 49.8 Å². The fourth-order valence-electron chi connectivity index (χ4n) is 4.79. The van der Waals surface area contributed by atoms with Gasteiger partial charge in [-0.1, -0.05) is 33.1 Å². The third kappa shape index (κ3) is 3.43. The van der Waals surface area contributed by atoms with E-state index in [2.05, 4.69) is 13.8 Å². The van der Waals surface area contributed by atoms with Crippen LogP contribution in [0.1, 0.15) is 65.2 Å². The van der Waals surface area contributed by atoms with Gasteiger partial charge in [-0.25, -0.2) is 0 Å². The van der Waals surface area contributed by atoms with Crippen molar-refractivity contribution in [2.75, 3.05) is 19.7 Å². The smallest absolute Gasteiger partial charge is 0.251 e. The van der Waals surface area contributed by atoms with Gasteiger partial charge in [0.2, 0.25) is 0 Å². The average molecular weight is 323 g/mol. The standard InChI is InChI=1S/C19H33NO3/c1-14-9-11-20(12-15(14)2)18(22)17-8-10-19(13-21,23-17)16-6-4-3-5-7-16/h14-17,21H,3-13H2,1-2H3/t14-,15+,17?,19?/m0/s1. The molecule has 23 heavy (non-hydrogen) atoms. The molecular weight excluding hydrogens is 290 g/mol. The summed E-state index contributed by atoms with van der Waals surface area (Å²) in [5.74, 6) is 1.85. The van der Waals surface area contributed by atoms with Crippen molar-refractivity contribution in [2.45, 2.75) is 76.9 Å². The molecule has 2 heterocycles. The lowest BCUT2D eigenvalue weighted by Crippen LogP contribution is -2.49. The lowest BCUT2D eigenvalue weighted by atomic mass is 9.76. The highest BCUT2D eigenvalue weighted by atomic mass is 16.5. The van der Waals surface area contributed by atoms with E-state index < -0.39 is 5.60 Å². The van der Waals surface area contributed by atoms with Gasteiger partial charge in [-0.05, 0) is 49.9 Å². The second-order valence-electron chi connectivity index (χ2n) is 8.23.